The predicted octanol–water partition coefficient (Wildman–Crippen LogP) is 7.96. The molecule has 0 spiro atoms. The standard InChI is InChI=1S/C29H44N2O/c1-3-5-6-7-8-9-10-11-12-16-19-29(32)30-28-22-20-27(21-23-28)25-31(4-2)24-26-17-14-13-15-18-26/h13-15,17-18,20-23H,3-12,16,19,24-25H2,1-2H3,(H,30,32). The Morgan fingerprint density at radius 3 is 1.78 bits per heavy atom. The average Bonchev–Trinajstić information content (AvgIpc) is 2.81. The Hall–Kier alpha value is -2.13. The quantitative estimate of drug-likeness (QED) is 0.255. The first kappa shape index (κ1) is 26.1. The lowest BCUT2D eigenvalue weighted by molar-refractivity contribution is -0.116. The van der Waals surface area contributed by atoms with Gasteiger partial charge in [-0.15, -0.1) is 0 Å². The molecule has 0 aliphatic rings. The number of hydrogen-bond donors (Lipinski definition) is 1. The van der Waals surface area contributed by atoms with Crippen molar-refractivity contribution in [2.24, 2.45) is 0 Å². The maximum atomic E-state index is 12.2. The van der Waals surface area contributed by atoms with E-state index >= 15 is 0 Å². The van der Waals surface area contributed by atoms with Crippen LogP contribution in [0.25, 0.3) is 0 Å². The number of nitrogens with one attached hydrogen (secondary N) is 1. The van der Waals surface area contributed by atoms with E-state index in [2.05, 4.69) is 66.5 Å². The highest BCUT2D eigenvalue weighted by atomic mass is 16.1. The molecular formula is C29H44N2O. The van der Waals surface area contributed by atoms with Gasteiger partial charge in [0.25, 0.3) is 0 Å². The van der Waals surface area contributed by atoms with Crippen molar-refractivity contribution in [2.45, 2.75) is 97.6 Å². The van der Waals surface area contributed by atoms with Gasteiger partial charge in [-0.1, -0.05) is 114 Å². The summed E-state index contributed by atoms with van der Waals surface area (Å²) in [5.41, 5.74) is 3.51. The van der Waals surface area contributed by atoms with Crippen LogP contribution in [0.4, 0.5) is 5.69 Å². The number of anilines is 1. The highest BCUT2D eigenvalue weighted by molar-refractivity contribution is 5.90. The normalized spacial score (nSPS) is 11.1. The first-order valence-corrected chi connectivity index (χ1v) is 12.9. The Bertz CT molecular complexity index is 727. The Kier molecular flexibility index (Phi) is 13.5. The molecule has 1 N–H and O–H groups in total. The lowest BCUT2D eigenvalue weighted by Gasteiger charge is -2.20. The first-order valence-electron chi connectivity index (χ1n) is 12.9. The van der Waals surface area contributed by atoms with Gasteiger partial charge in [-0.3, -0.25) is 9.69 Å². The lowest BCUT2D eigenvalue weighted by atomic mass is 10.1. The molecule has 0 atom stereocenters. The third kappa shape index (κ3) is 11.5. The fourth-order valence-electron chi connectivity index (χ4n) is 4.07. The van der Waals surface area contributed by atoms with Gasteiger partial charge in [0.05, 0.1) is 0 Å². The number of rotatable bonds is 17. The molecule has 0 fully saturated rings. The maximum absolute atomic E-state index is 12.2. The zero-order chi connectivity index (χ0) is 22.9. The zero-order valence-corrected chi connectivity index (χ0v) is 20.5. The maximum Gasteiger partial charge on any atom is 0.224 e. The van der Waals surface area contributed by atoms with Gasteiger partial charge in [0.1, 0.15) is 0 Å². The van der Waals surface area contributed by atoms with Crippen LogP contribution < -0.4 is 5.32 Å². The second kappa shape index (κ2) is 16.5. The van der Waals surface area contributed by atoms with Crippen LogP contribution in [-0.4, -0.2) is 17.4 Å². The highest BCUT2D eigenvalue weighted by Gasteiger charge is 2.06. The minimum absolute atomic E-state index is 0.136. The molecule has 0 aromatic heterocycles. The molecular weight excluding hydrogens is 392 g/mol. The topological polar surface area (TPSA) is 32.3 Å². The SMILES string of the molecule is CCCCCCCCCCCCC(=O)Nc1ccc(CN(CC)Cc2ccccc2)cc1. The summed E-state index contributed by atoms with van der Waals surface area (Å²) in [5.74, 6) is 0.136. The van der Waals surface area contributed by atoms with Gasteiger partial charge in [0.15, 0.2) is 0 Å². The van der Waals surface area contributed by atoms with E-state index in [1.807, 2.05) is 12.1 Å². The zero-order valence-electron chi connectivity index (χ0n) is 20.5. The van der Waals surface area contributed by atoms with Gasteiger partial charge in [-0.2, -0.15) is 0 Å². The number of nitrogens with zero attached hydrogens (tertiary/aromatic N) is 1. The fourth-order valence-corrected chi connectivity index (χ4v) is 4.07. The van der Waals surface area contributed by atoms with Gasteiger partial charge < -0.3 is 5.32 Å². The van der Waals surface area contributed by atoms with Crippen molar-refractivity contribution >= 4 is 11.6 Å². The van der Waals surface area contributed by atoms with Gasteiger partial charge in [0.2, 0.25) is 5.91 Å². The minimum Gasteiger partial charge on any atom is -0.326 e. The molecule has 1 amide bonds. The summed E-state index contributed by atoms with van der Waals surface area (Å²) in [6.07, 6.45) is 13.5. The van der Waals surface area contributed by atoms with Crippen molar-refractivity contribution < 1.29 is 4.79 Å². The molecule has 0 heterocycles. The third-order valence-electron chi connectivity index (χ3n) is 6.10. The second-order valence-corrected chi connectivity index (χ2v) is 8.97. The Balaban J connectivity index is 1.59. The van der Waals surface area contributed by atoms with E-state index in [9.17, 15) is 4.79 Å². The molecule has 0 saturated carbocycles. The smallest absolute Gasteiger partial charge is 0.224 e. The van der Waals surface area contributed by atoms with Gasteiger partial charge in [0, 0.05) is 25.2 Å². The molecule has 176 valence electrons. The van der Waals surface area contributed by atoms with E-state index in [4.69, 9.17) is 0 Å². The Labute approximate surface area is 196 Å². The molecule has 2 rings (SSSR count). The summed E-state index contributed by atoms with van der Waals surface area (Å²) >= 11 is 0. The third-order valence-corrected chi connectivity index (χ3v) is 6.10. The van der Waals surface area contributed by atoms with Crippen molar-refractivity contribution in [2.75, 3.05) is 11.9 Å². The Morgan fingerprint density at radius 1 is 0.688 bits per heavy atom. The summed E-state index contributed by atoms with van der Waals surface area (Å²) in [6, 6.07) is 18.9. The van der Waals surface area contributed by atoms with Gasteiger partial charge in [-0.05, 0) is 36.2 Å². The molecule has 3 heteroatoms. The van der Waals surface area contributed by atoms with Crippen molar-refractivity contribution in [3.8, 4) is 0 Å². The van der Waals surface area contributed by atoms with Crippen LogP contribution in [0.2, 0.25) is 0 Å². The van der Waals surface area contributed by atoms with Gasteiger partial charge >= 0.3 is 0 Å². The van der Waals surface area contributed by atoms with Crippen LogP contribution in [0.15, 0.2) is 54.6 Å². The predicted molar refractivity (Wildman–Crippen MR) is 138 cm³/mol. The fraction of sp³-hybridized carbons (Fsp3) is 0.552. The van der Waals surface area contributed by atoms with Crippen molar-refractivity contribution in [1.29, 1.82) is 0 Å². The number of hydrogen-bond acceptors (Lipinski definition) is 2. The molecule has 0 unspecified atom stereocenters. The monoisotopic (exact) mass is 436 g/mol. The largest absolute Gasteiger partial charge is 0.326 e. The van der Waals surface area contributed by atoms with Crippen LogP contribution in [0.5, 0.6) is 0 Å². The number of unbranched alkanes of at least 4 members (excludes halogenated alkanes) is 9. The molecule has 3 nitrogen and oxygen atoms in total. The van der Waals surface area contributed by atoms with Crippen LogP contribution in [0.3, 0.4) is 0 Å². The van der Waals surface area contributed by atoms with Crippen LogP contribution in [-0.2, 0) is 17.9 Å². The van der Waals surface area contributed by atoms with E-state index in [1.54, 1.807) is 0 Å². The number of amides is 1. The molecule has 0 bridgehead atoms. The van der Waals surface area contributed by atoms with E-state index in [-0.39, 0.29) is 5.91 Å². The lowest BCUT2D eigenvalue weighted by Crippen LogP contribution is -2.22. The molecule has 32 heavy (non-hydrogen) atoms. The molecule has 2 aromatic rings. The summed E-state index contributed by atoms with van der Waals surface area (Å²) in [6.45, 7) is 7.34. The van der Waals surface area contributed by atoms with Crippen LogP contribution in [0, 0.1) is 0 Å². The second-order valence-electron chi connectivity index (χ2n) is 8.97. The van der Waals surface area contributed by atoms with E-state index in [1.165, 1.54) is 62.5 Å². The van der Waals surface area contributed by atoms with Crippen LogP contribution >= 0.6 is 0 Å². The van der Waals surface area contributed by atoms with E-state index in [0.717, 1.165) is 38.2 Å². The van der Waals surface area contributed by atoms with Crippen molar-refractivity contribution in [1.82, 2.24) is 4.90 Å². The summed E-state index contributed by atoms with van der Waals surface area (Å²) in [7, 11) is 0. The molecule has 0 radical (unpaired) electrons. The minimum atomic E-state index is 0.136. The van der Waals surface area contributed by atoms with Crippen molar-refractivity contribution in [3.05, 3.63) is 65.7 Å². The van der Waals surface area contributed by atoms with E-state index in [0.29, 0.717) is 6.42 Å². The number of benzene rings is 2. The Morgan fingerprint density at radius 2 is 1.22 bits per heavy atom. The molecule has 0 aliphatic heterocycles. The number of carbonyl (C=O) groups is 1. The van der Waals surface area contributed by atoms with Crippen LogP contribution in [0.1, 0.15) is 95.6 Å². The first-order chi connectivity index (χ1) is 15.7. The summed E-state index contributed by atoms with van der Waals surface area (Å²) < 4.78 is 0. The molecule has 0 aliphatic carbocycles. The number of carbonyl (C=O) groups excluding carboxylic acids is 1. The summed E-state index contributed by atoms with van der Waals surface area (Å²) in [4.78, 5) is 14.7. The molecule has 2 aromatic carbocycles. The van der Waals surface area contributed by atoms with E-state index < -0.39 is 0 Å². The molecule has 0 saturated heterocycles. The summed E-state index contributed by atoms with van der Waals surface area (Å²) in [5, 5.41) is 3.05. The average molecular weight is 437 g/mol. The highest BCUT2D eigenvalue weighted by Crippen LogP contribution is 2.15. The van der Waals surface area contributed by atoms with Crippen molar-refractivity contribution in [3.63, 3.8) is 0 Å². The van der Waals surface area contributed by atoms with Gasteiger partial charge in [-0.25, -0.2) is 0 Å².